The van der Waals surface area contributed by atoms with Crippen molar-refractivity contribution in [3.8, 4) is 28.0 Å². The first-order chi connectivity index (χ1) is 14.0. The number of carbonyl (C=O) groups excluding carboxylic acids is 1. The number of nitrogens with one attached hydrogen (secondary N) is 1. The van der Waals surface area contributed by atoms with Gasteiger partial charge in [0, 0.05) is 37.3 Å². The molecule has 3 aromatic rings. The average Bonchev–Trinajstić information content (AvgIpc) is 3.24. The Morgan fingerprint density at radius 3 is 2.37 bits per heavy atom. The van der Waals surface area contributed by atoms with Crippen molar-refractivity contribution >= 4 is 30.9 Å². The van der Waals surface area contributed by atoms with Crippen LogP contribution in [0, 0.1) is 5.82 Å². The molecule has 0 radical (unpaired) electrons. The molecule has 30 heavy (non-hydrogen) atoms. The molecule has 1 fully saturated rings. The second-order valence-electron chi connectivity index (χ2n) is 7.17. The lowest BCUT2D eigenvalue weighted by Crippen LogP contribution is -2.18. The van der Waals surface area contributed by atoms with Crippen molar-refractivity contribution in [1.29, 1.82) is 0 Å². The summed E-state index contributed by atoms with van der Waals surface area (Å²) in [7, 11) is 0. The van der Waals surface area contributed by atoms with Crippen molar-refractivity contribution in [3.05, 3.63) is 60.5 Å². The van der Waals surface area contributed by atoms with Gasteiger partial charge in [-0.15, -0.1) is 0 Å². The van der Waals surface area contributed by atoms with Gasteiger partial charge in [-0.05, 0) is 48.2 Å². The Kier molecular flexibility index (Phi) is 6.62. The van der Waals surface area contributed by atoms with Crippen LogP contribution in [0.15, 0.2) is 54.7 Å². The van der Waals surface area contributed by atoms with E-state index < -0.39 is 5.82 Å². The number of hydrogen-bond donors (Lipinski definition) is 2. The van der Waals surface area contributed by atoms with E-state index >= 15 is 0 Å². The number of carbonyl (C=O) groups is 1. The maximum atomic E-state index is 14.4. The Labute approximate surface area is 182 Å². The minimum atomic E-state index is -0.553. The molecule has 1 aromatic heterocycles. The Morgan fingerprint density at radius 2 is 1.73 bits per heavy atom. The molecule has 2 N–H and O–H groups in total. The smallest absolute Gasteiger partial charge is 0.221 e. The van der Waals surface area contributed by atoms with Crippen LogP contribution >= 0.6 is 13.5 Å². The van der Waals surface area contributed by atoms with Crippen LogP contribution in [0.2, 0.25) is 0 Å². The predicted octanol–water partition coefficient (Wildman–Crippen LogP) is 4.93. The van der Waals surface area contributed by atoms with Crippen molar-refractivity contribution in [2.24, 2.45) is 0 Å². The minimum absolute atomic E-state index is 0. The van der Waals surface area contributed by atoms with Crippen molar-refractivity contribution in [2.45, 2.75) is 19.8 Å². The number of anilines is 2. The topological polar surface area (TPSA) is 65.5 Å². The first-order valence-corrected chi connectivity index (χ1v) is 9.64. The molecule has 0 spiro atoms. The zero-order chi connectivity index (χ0) is 20.4. The Hall–Kier alpha value is -3.06. The highest BCUT2D eigenvalue weighted by atomic mass is 32.1. The Bertz CT molecular complexity index is 1070. The van der Waals surface area contributed by atoms with Crippen LogP contribution in [0.5, 0.6) is 5.75 Å². The molecule has 7 heteroatoms. The fourth-order valence-electron chi connectivity index (χ4n) is 3.69. The minimum Gasteiger partial charge on any atom is -0.507 e. The number of aromatic hydroxyl groups is 1. The van der Waals surface area contributed by atoms with E-state index in [2.05, 4.69) is 15.2 Å². The molecule has 1 amide bonds. The summed E-state index contributed by atoms with van der Waals surface area (Å²) < 4.78 is 14.4. The average molecular weight is 426 g/mol. The normalized spacial score (nSPS) is 13.1. The van der Waals surface area contributed by atoms with Gasteiger partial charge in [0.25, 0.3) is 0 Å². The monoisotopic (exact) mass is 425 g/mol. The van der Waals surface area contributed by atoms with E-state index in [0.717, 1.165) is 37.3 Å². The van der Waals surface area contributed by atoms with Crippen LogP contribution in [0.3, 0.4) is 0 Å². The van der Waals surface area contributed by atoms with Crippen LogP contribution < -0.4 is 10.2 Å². The van der Waals surface area contributed by atoms with Gasteiger partial charge in [-0.2, -0.15) is 13.5 Å². The number of benzene rings is 2. The second kappa shape index (κ2) is 9.17. The molecule has 0 saturated carbocycles. The third kappa shape index (κ3) is 4.41. The highest BCUT2D eigenvalue weighted by molar-refractivity contribution is 7.59. The van der Waals surface area contributed by atoms with Crippen molar-refractivity contribution in [2.75, 3.05) is 23.3 Å². The number of amides is 1. The summed E-state index contributed by atoms with van der Waals surface area (Å²) in [6, 6.07) is 13.7. The molecule has 5 nitrogen and oxygen atoms in total. The van der Waals surface area contributed by atoms with Crippen molar-refractivity contribution in [1.82, 2.24) is 4.98 Å². The van der Waals surface area contributed by atoms with Gasteiger partial charge < -0.3 is 15.3 Å². The molecule has 1 aliphatic rings. The quantitative estimate of drug-likeness (QED) is 0.622. The predicted molar refractivity (Wildman–Crippen MR) is 123 cm³/mol. The van der Waals surface area contributed by atoms with Gasteiger partial charge in [0.1, 0.15) is 17.4 Å². The van der Waals surface area contributed by atoms with Crippen molar-refractivity contribution < 1.29 is 14.3 Å². The highest BCUT2D eigenvalue weighted by Crippen LogP contribution is 2.39. The number of phenols is 1. The molecular weight excluding hydrogens is 401 g/mol. The number of pyridine rings is 1. The van der Waals surface area contributed by atoms with E-state index in [-0.39, 0.29) is 30.8 Å². The van der Waals surface area contributed by atoms with E-state index in [0.29, 0.717) is 16.7 Å². The number of rotatable bonds is 4. The molecule has 0 unspecified atom stereocenters. The van der Waals surface area contributed by atoms with Crippen LogP contribution in [0.1, 0.15) is 19.8 Å². The third-order valence-electron chi connectivity index (χ3n) is 5.11. The zero-order valence-electron chi connectivity index (χ0n) is 16.7. The van der Waals surface area contributed by atoms with Crippen LogP contribution in [-0.2, 0) is 4.79 Å². The van der Waals surface area contributed by atoms with Gasteiger partial charge in [-0.25, -0.2) is 9.37 Å². The van der Waals surface area contributed by atoms with Crippen molar-refractivity contribution in [3.63, 3.8) is 0 Å². The third-order valence-corrected chi connectivity index (χ3v) is 5.11. The SMILES string of the molecule is CC(=O)Nc1ccc(-c2cccc(-c3ccnc(N4CCCC4)c3)c2O)cc1F.S. The molecule has 0 aliphatic carbocycles. The number of halogens is 1. The van der Waals surface area contributed by atoms with E-state index in [9.17, 15) is 14.3 Å². The lowest BCUT2D eigenvalue weighted by molar-refractivity contribution is -0.114. The van der Waals surface area contributed by atoms with Crippen LogP contribution in [0.25, 0.3) is 22.3 Å². The summed E-state index contributed by atoms with van der Waals surface area (Å²) in [6.07, 6.45) is 4.07. The number of hydrogen-bond acceptors (Lipinski definition) is 4. The summed E-state index contributed by atoms with van der Waals surface area (Å²) in [4.78, 5) is 17.9. The largest absolute Gasteiger partial charge is 0.507 e. The molecule has 4 rings (SSSR count). The van der Waals surface area contributed by atoms with Gasteiger partial charge in [-0.3, -0.25) is 4.79 Å². The van der Waals surface area contributed by atoms with E-state index in [1.54, 1.807) is 18.3 Å². The molecule has 0 atom stereocenters. The van der Waals surface area contributed by atoms with Gasteiger partial charge in [0.15, 0.2) is 0 Å². The number of aromatic nitrogens is 1. The Morgan fingerprint density at radius 1 is 1.07 bits per heavy atom. The Balaban J connectivity index is 0.00000256. The summed E-state index contributed by atoms with van der Waals surface area (Å²) in [6.45, 7) is 3.30. The number of para-hydroxylation sites is 1. The lowest BCUT2D eigenvalue weighted by atomic mass is 9.97. The van der Waals surface area contributed by atoms with E-state index in [4.69, 9.17) is 0 Å². The first-order valence-electron chi connectivity index (χ1n) is 9.64. The molecule has 2 aromatic carbocycles. The van der Waals surface area contributed by atoms with Gasteiger partial charge >= 0.3 is 0 Å². The highest BCUT2D eigenvalue weighted by Gasteiger charge is 2.16. The maximum Gasteiger partial charge on any atom is 0.221 e. The molecule has 1 aliphatic heterocycles. The summed E-state index contributed by atoms with van der Waals surface area (Å²) in [5.41, 5.74) is 2.69. The molecule has 156 valence electrons. The van der Waals surface area contributed by atoms with Crippen LogP contribution in [0.4, 0.5) is 15.9 Å². The summed E-state index contributed by atoms with van der Waals surface area (Å²) >= 11 is 0. The second-order valence-corrected chi connectivity index (χ2v) is 7.17. The van der Waals surface area contributed by atoms with Gasteiger partial charge in [-0.1, -0.05) is 24.3 Å². The standard InChI is InChI=1S/C23H22FN3O2.H2S/c1-15(28)26-21-8-7-16(13-20(21)24)18-5-4-6-19(23(18)29)17-9-10-25-22(14-17)27-11-2-3-12-27;/h4-10,13-14,29H,2-3,11-12H2,1H3,(H,26,28);1H2. The lowest BCUT2D eigenvalue weighted by Gasteiger charge is -2.17. The van der Waals surface area contributed by atoms with Crippen LogP contribution in [-0.4, -0.2) is 29.1 Å². The van der Waals surface area contributed by atoms with Gasteiger partial charge in [0.2, 0.25) is 5.91 Å². The molecule has 0 bridgehead atoms. The van der Waals surface area contributed by atoms with E-state index in [1.807, 2.05) is 24.3 Å². The molecule has 2 heterocycles. The summed E-state index contributed by atoms with van der Waals surface area (Å²) in [5.74, 6) is 0.0870. The van der Waals surface area contributed by atoms with E-state index in [1.165, 1.54) is 19.1 Å². The number of phenolic OH excluding ortho intramolecular Hbond substituents is 1. The fraction of sp³-hybridized carbons (Fsp3) is 0.217. The first kappa shape index (κ1) is 21.6. The fourth-order valence-corrected chi connectivity index (χ4v) is 3.69. The molecule has 1 saturated heterocycles. The molecular formula is C23H24FN3O2S. The summed E-state index contributed by atoms with van der Waals surface area (Å²) in [5, 5.41) is 13.4. The number of nitrogens with zero attached hydrogens (tertiary/aromatic N) is 2. The maximum absolute atomic E-state index is 14.4. The van der Waals surface area contributed by atoms with Gasteiger partial charge in [0.05, 0.1) is 5.69 Å². The zero-order valence-corrected chi connectivity index (χ0v) is 17.7.